The highest BCUT2D eigenvalue weighted by Gasteiger charge is 2.58. The van der Waals surface area contributed by atoms with Crippen molar-refractivity contribution in [3.05, 3.63) is 0 Å². The van der Waals surface area contributed by atoms with E-state index in [1.54, 1.807) is 0 Å². The fourth-order valence-corrected chi connectivity index (χ4v) is 3.44. The first kappa shape index (κ1) is 14.6. The number of fused-ring (bicyclic) bond motifs is 1. The van der Waals surface area contributed by atoms with E-state index in [0.29, 0.717) is 24.6 Å². The largest absolute Gasteiger partial charge is 0.394 e. The predicted molar refractivity (Wildman–Crippen MR) is 76.2 cm³/mol. The Balaban J connectivity index is 2.00. The Morgan fingerprint density at radius 1 is 1.47 bits per heavy atom. The SMILES string of the molecule is CCNC(=NCCO)NC1C2CCCOC2C1(C)C. The second kappa shape index (κ2) is 6.09. The van der Waals surface area contributed by atoms with Crippen molar-refractivity contribution in [2.75, 3.05) is 26.3 Å². The first-order valence-corrected chi connectivity index (χ1v) is 7.38. The van der Waals surface area contributed by atoms with Gasteiger partial charge < -0.3 is 20.5 Å². The highest BCUT2D eigenvalue weighted by Crippen LogP contribution is 2.51. The number of aliphatic hydroxyl groups excluding tert-OH is 1. The van der Waals surface area contributed by atoms with Gasteiger partial charge >= 0.3 is 0 Å². The normalized spacial score (nSPS) is 33.3. The highest BCUT2D eigenvalue weighted by molar-refractivity contribution is 5.80. The lowest BCUT2D eigenvalue weighted by atomic mass is 9.55. The van der Waals surface area contributed by atoms with Gasteiger partial charge in [-0.25, -0.2) is 0 Å². The van der Waals surface area contributed by atoms with Crippen LogP contribution >= 0.6 is 0 Å². The number of guanidine groups is 1. The van der Waals surface area contributed by atoms with E-state index in [-0.39, 0.29) is 12.0 Å². The Morgan fingerprint density at radius 2 is 2.26 bits per heavy atom. The lowest BCUT2D eigenvalue weighted by Gasteiger charge is -2.60. The molecule has 3 N–H and O–H groups in total. The third-order valence-corrected chi connectivity index (χ3v) is 4.34. The summed E-state index contributed by atoms with van der Waals surface area (Å²) in [5.41, 5.74) is 0.139. The van der Waals surface area contributed by atoms with E-state index in [2.05, 4.69) is 36.4 Å². The number of nitrogens with zero attached hydrogens (tertiary/aromatic N) is 1. The lowest BCUT2D eigenvalue weighted by Crippen LogP contribution is -2.71. The zero-order valence-electron chi connectivity index (χ0n) is 12.3. The van der Waals surface area contributed by atoms with Gasteiger partial charge in [-0.15, -0.1) is 0 Å². The van der Waals surface area contributed by atoms with Gasteiger partial charge in [0.05, 0.1) is 19.3 Å². The molecule has 1 saturated heterocycles. The smallest absolute Gasteiger partial charge is 0.191 e. The highest BCUT2D eigenvalue weighted by atomic mass is 16.5. The molecule has 1 heterocycles. The van der Waals surface area contributed by atoms with E-state index in [0.717, 1.165) is 25.5 Å². The number of aliphatic hydroxyl groups is 1. The van der Waals surface area contributed by atoms with Crippen molar-refractivity contribution in [2.45, 2.75) is 45.8 Å². The van der Waals surface area contributed by atoms with Crippen molar-refractivity contribution in [3.63, 3.8) is 0 Å². The standard InChI is InChI=1S/C14H27N3O2/c1-4-15-13(16-7-8-18)17-11-10-6-5-9-19-12(10)14(11,2)3/h10-12,18H,4-9H2,1-3H3,(H2,15,16,17). The van der Waals surface area contributed by atoms with Gasteiger partial charge in [-0.05, 0) is 19.8 Å². The van der Waals surface area contributed by atoms with E-state index >= 15 is 0 Å². The van der Waals surface area contributed by atoms with Gasteiger partial charge in [0.25, 0.3) is 0 Å². The maximum absolute atomic E-state index is 8.90. The summed E-state index contributed by atoms with van der Waals surface area (Å²) < 4.78 is 5.90. The summed E-state index contributed by atoms with van der Waals surface area (Å²) in [4.78, 5) is 4.36. The predicted octanol–water partition coefficient (Wildman–Crippen LogP) is 0.737. The zero-order chi connectivity index (χ0) is 13.9. The first-order chi connectivity index (χ1) is 9.11. The number of hydrogen-bond donors (Lipinski definition) is 3. The molecule has 0 aromatic rings. The summed E-state index contributed by atoms with van der Waals surface area (Å²) in [6, 6.07) is 0.397. The second-order valence-corrected chi connectivity index (χ2v) is 6.03. The third kappa shape index (κ3) is 2.87. The van der Waals surface area contributed by atoms with Gasteiger partial charge in [-0.1, -0.05) is 13.8 Å². The van der Waals surface area contributed by atoms with Crippen LogP contribution in [0.1, 0.15) is 33.6 Å². The molecule has 0 spiro atoms. The van der Waals surface area contributed by atoms with Gasteiger partial charge in [-0.3, -0.25) is 4.99 Å². The van der Waals surface area contributed by atoms with E-state index in [4.69, 9.17) is 9.84 Å². The van der Waals surface area contributed by atoms with Gasteiger partial charge in [0.2, 0.25) is 0 Å². The average molecular weight is 269 g/mol. The van der Waals surface area contributed by atoms with Crippen LogP contribution in [-0.2, 0) is 4.74 Å². The topological polar surface area (TPSA) is 65.9 Å². The number of aliphatic imine (C=N–C) groups is 1. The minimum absolute atomic E-state index is 0.0831. The Bertz CT molecular complexity index is 331. The molecule has 2 aliphatic rings. The van der Waals surface area contributed by atoms with Gasteiger partial charge in [0.1, 0.15) is 0 Å². The molecule has 5 nitrogen and oxygen atoms in total. The van der Waals surface area contributed by atoms with Gasteiger partial charge in [0, 0.05) is 30.5 Å². The first-order valence-electron chi connectivity index (χ1n) is 7.38. The lowest BCUT2D eigenvalue weighted by molar-refractivity contribution is -0.188. The van der Waals surface area contributed by atoms with E-state index in [9.17, 15) is 0 Å². The van der Waals surface area contributed by atoms with Crippen molar-refractivity contribution >= 4 is 5.96 Å². The molecule has 1 saturated carbocycles. The van der Waals surface area contributed by atoms with E-state index in [1.807, 2.05) is 0 Å². The molecule has 3 unspecified atom stereocenters. The van der Waals surface area contributed by atoms with Crippen LogP contribution in [0, 0.1) is 11.3 Å². The number of rotatable bonds is 4. The molecule has 0 aromatic heterocycles. The average Bonchev–Trinajstić information content (AvgIpc) is 2.41. The molecule has 0 bridgehead atoms. The molecule has 2 rings (SSSR count). The van der Waals surface area contributed by atoms with Crippen LogP contribution in [0.25, 0.3) is 0 Å². The molecule has 2 fully saturated rings. The van der Waals surface area contributed by atoms with Gasteiger partial charge in [-0.2, -0.15) is 0 Å². The quantitative estimate of drug-likeness (QED) is 0.520. The molecular formula is C14H27N3O2. The van der Waals surface area contributed by atoms with Crippen LogP contribution in [0.15, 0.2) is 4.99 Å². The summed E-state index contributed by atoms with van der Waals surface area (Å²) in [5, 5.41) is 15.7. The van der Waals surface area contributed by atoms with Crippen LogP contribution in [0.3, 0.4) is 0 Å². The minimum Gasteiger partial charge on any atom is -0.394 e. The third-order valence-electron chi connectivity index (χ3n) is 4.34. The van der Waals surface area contributed by atoms with Crippen LogP contribution < -0.4 is 10.6 Å². The minimum atomic E-state index is 0.0831. The number of ether oxygens (including phenoxy) is 1. The van der Waals surface area contributed by atoms with Gasteiger partial charge in [0.15, 0.2) is 5.96 Å². The molecule has 1 aliphatic heterocycles. The van der Waals surface area contributed by atoms with E-state index < -0.39 is 0 Å². The van der Waals surface area contributed by atoms with Crippen LogP contribution in [0.4, 0.5) is 0 Å². The van der Waals surface area contributed by atoms with E-state index in [1.165, 1.54) is 6.42 Å². The van der Waals surface area contributed by atoms with Crippen LogP contribution in [0.2, 0.25) is 0 Å². The molecule has 3 atom stereocenters. The summed E-state index contributed by atoms with van der Waals surface area (Å²) in [6.45, 7) is 8.81. The van der Waals surface area contributed by atoms with Crippen molar-refractivity contribution in [2.24, 2.45) is 16.3 Å². The Hall–Kier alpha value is -0.810. The fourth-order valence-electron chi connectivity index (χ4n) is 3.44. The molecule has 19 heavy (non-hydrogen) atoms. The molecule has 0 radical (unpaired) electrons. The summed E-state index contributed by atoms with van der Waals surface area (Å²) in [7, 11) is 0. The van der Waals surface area contributed by atoms with Crippen molar-refractivity contribution in [3.8, 4) is 0 Å². The molecule has 0 amide bonds. The summed E-state index contributed by atoms with van der Waals surface area (Å²) >= 11 is 0. The molecule has 0 aromatic carbocycles. The number of nitrogens with one attached hydrogen (secondary N) is 2. The molecular weight excluding hydrogens is 242 g/mol. The zero-order valence-corrected chi connectivity index (χ0v) is 12.3. The Morgan fingerprint density at radius 3 is 2.95 bits per heavy atom. The summed E-state index contributed by atoms with van der Waals surface area (Å²) in [5.74, 6) is 1.39. The maximum atomic E-state index is 8.90. The van der Waals surface area contributed by atoms with Crippen molar-refractivity contribution in [1.82, 2.24) is 10.6 Å². The molecule has 110 valence electrons. The monoisotopic (exact) mass is 269 g/mol. The maximum Gasteiger partial charge on any atom is 0.191 e. The number of hydrogen-bond acceptors (Lipinski definition) is 3. The second-order valence-electron chi connectivity index (χ2n) is 6.03. The van der Waals surface area contributed by atoms with Crippen molar-refractivity contribution in [1.29, 1.82) is 0 Å². The van der Waals surface area contributed by atoms with Crippen molar-refractivity contribution < 1.29 is 9.84 Å². The molecule has 1 aliphatic carbocycles. The molecule has 5 heteroatoms. The van der Waals surface area contributed by atoms with Crippen LogP contribution in [0.5, 0.6) is 0 Å². The summed E-state index contributed by atoms with van der Waals surface area (Å²) in [6.07, 6.45) is 2.75. The van der Waals surface area contributed by atoms with Crippen LogP contribution in [-0.4, -0.2) is 49.5 Å². The Labute approximate surface area is 115 Å². The fraction of sp³-hybridized carbons (Fsp3) is 0.929. The Kier molecular flexibility index (Phi) is 4.68.